The Morgan fingerprint density at radius 1 is 1.20 bits per heavy atom. The second kappa shape index (κ2) is 6.35. The van der Waals surface area contributed by atoms with Crippen LogP contribution in [0.4, 0.5) is 0 Å². The zero-order valence-corrected chi connectivity index (χ0v) is 11.5. The maximum Gasteiger partial charge on any atom is 0.320 e. The van der Waals surface area contributed by atoms with E-state index >= 15 is 0 Å². The molecule has 2 aromatic rings. The molecule has 0 radical (unpaired) electrons. The lowest BCUT2D eigenvalue weighted by Crippen LogP contribution is -2.32. The Labute approximate surface area is 119 Å². The molecule has 20 heavy (non-hydrogen) atoms. The third-order valence-electron chi connectivity index (χ3n) is 3.41. The van der Waals surface area contributed by atoms with Gasteiger partial charge in [-0.25, -0.2) is 0 Å². The first-order valence-electron chi connectivity index (χ1n) is 6.77. The van der Waals surface area contributed by atoms with Crippen molar-refractivity contribution in [3.8, 4) is 11.1 Å². The Morgan fingerprint density at radius 3 is 2.50 bits per heavy atom. The van der Waals surface area contributed by atoms with Crippen LogP contribution in [0.15, 0.2) is 48.5 Å². The van der Waals surface area contributed by atoms with Gasteiger partial charge in [-0.05, 0) is 35.1 Å². The highest BCUT2D eigenvalue weighted by Crippen LogP contribution is 2.25. The fourth-order valence-electron chi connectivity index (χ4n) is 2.29. The molecule has 0 amide bonds. The molecule has 0 aliphatic carbocycles. The van der Waals surface area contributed by atoms with Crippen LogP contribution in [0.25, 0.3) is 11.1 Å². The zero-order chi connectivity index (χ0) is 14.5. The summed E-state index contributed by atoms with van der Waals surface area (Å²) in [5.74, 6) is -0.967. The molecule has 0 aromatic heterocycles. The Balaban J connectivity index is 2.37. The van der Waals surface area contributed by atoms with E-state index in [0.29, 0.717) is 6.42 Å². The third-order valence-corrected chi connectivity index (χ3v) is 3.41. The molecule has 3 heteroatoms. The molecule has 0 saturated heterocycles. The number of carboxylic acids is 1. The first-order valence-corrected chi connectivity index (χ1v) is 6.77. The molecule has 1 unspecified atom stereocenters. The maximum atomic E-state index is 10.9. The summed E-state index contributed by atoms with van der Waals surface area (Å²) in [5.41, 5.74) is 10.1. The molecule has 3 nitrogen and oxygen atoms in total. The van der Waals surface area contributed by atoms with Crippen molar-refractivity contribution in [2.45, 2.75) is 25.8 Å². The molecular weight excluding hydrogens is 250 g/mol. The van der Waals surface area contributed by atoms with E-state index in [2.05, 4.69) is 31.2 Å². The molecule has 3 N–H and O–H groups in total. The van der Waals surface area contributed by atoms with Crippen LogP contribution in [0.5, 0.6) is 0 Å². The normalized spacial score (nSPS) is 12.1. The summed E-state index contributed by atoms with van der Waals surface area (Å²) < 4.78 is 0. The van der Waals surface area contributed by atoms with Crippen LogP contribution >= 0.6 is 0 Å². The van der Waals surface area contributed by atoms with E-state index in [9.17, 15) is 4.79 Å². The van der Waals surface area contributed by atoms with Crippen LogP contribution in [0.3, 0.4) is 0 Å². The van der Waals surface area contributed by atoms with Gasteiger partial charge in [0.2, 0.25) is 0 Å². The highest BCUT2D eigenvalue weighted by Gasteiger charge is 2.13. The van der Waals surface area contributed by atoms with Crippen LogP contribution in [0, 0.1) is 0 Å². The van der Waals surface area contributed by atoms with Crippen molar-refractivity contribution in [2.75, 3.05) is 0 Å². The molecular formula is C17H19NO2. The quantitative estimate of drug-likeness (QED) is 0.877. The summed E-state index contributed by atoms with van der Waals surface area (Å²) in [4.78, 5) is 10.9. The standard InChI is InChI=1S/C17H19NO2/c1-2-13-9-8-12(11-16(18)17(19)20)10-15(13)14-6-4-3-5-7-14/h3-10,16H,2,11,18H2,1H3,(H,19,20). The molecule has 0 aliphatic rings. The topological polar surface area (TPSA) is 63.3 Å². The van der Waals surface area contributed by atoms with Crippen LogP contribution < -0.4 is 5.73 Å². The van der Waals surface area contributed by atoms with Gasteiger partial charge in [-0.15, -0.1) is 0 Å². The SMILES string of the molecule is CCc1ccc(CC(N)C(=O)O)cc1-c1ccccc1. The van der Waals surface area contributed by atoms with Crippen molar-refractivity contribution in [3.05, 3.63) is 59.7 Å². The van der Waals surface area contributed by atoms with Crippen LogP contribution in [-0.4, -0.2) is 17.1 Å². The minimum absolute atomic E-state index is 0.346. The lowest BCUT2D eigenvalue weighted by Gasteiger charge is -2.12. The maximum absolute atomic E-state index is 10.9. The number of aryl methyl sites for hydroxylation is 1. The summed E-state index contributed by atoms with van der Waals surface area (Å²) in [6.07, 6.45) is 1.29. The average molecular weight is 269 g/mol. The van der Waals surface area contributed by atoms with Crippen molar-refractivity contribution >= 4 is 5.97 Å². The lowest BCUT2D eigenvalue weighted by molar-refractivity contribution is -0.138. The van der Waals surface area contributed by atoms with E-state index in [1.165, 1.54) is 5.56 Å². The second-order valence-electron chi connectivity index (χ2n) is 4.86. The van der Waals surface area contributed by atoms with Gasteiger partial charge in [0.15, 0.2) is 0 Å². The second-order valence-corrected chi connectivity index (χ2v) is 4.86. The minimum atomic E-state index is -0.967. The van der Waals surface area contributed by atoms with Gasteiger partial charge in [-0.1, -0.05) is 55.5 Å². The molecule has 0 saturated carbocycles. The molecule has 2 rings (SSSR count). The number of hydrogen-bond acceptors (Lipinski definition) is 2. The Morgan fingerprint density at radius 2 is 1.90 bits per heavy atom. The van der Waals surface area contributed by atoms with Gasteiger partial charge in [0.1, 0.15) is 6.04 Å². The predicted molar refractivity (Wildman–Crippen MR) is 80.6 cm³/mol. The van der Waals surface area contributed by atoms with Gasteiger partial charge in [0.05, 0.1) is 0 Å². The Hall–Kier alpha value is -2.13. The van der Waals surface area contributed by atoms with Crippen molar-refractivity contribution in [3.63, 3.8) is 0 Å². The fourth-order valence-corrected chi connectivity index (χ4v) is 2.29. The first-order chi connectivity index (χ1) is 9.61. The van der Waals surface area contributed by atoms with Gasteiger partial charge in [-0.2, -0.15) is 0 Å². The van der Waals surface area contributed by atoms with E-state index in [1.54, 1.807) is 0 Å². The van der Waals surface area contributed by atoms with Crippen molar-refractivity contribution < 1.29 is 9.90 Å². The van der Waals surface area contributed by atoms with Gasteiger partial charge in [0.25, 0.3) is 0 Å². The van der Waals surface area contributed by atoms with Crippen molar-refractivity contribution in [2.24, 2.45) is 5.73 Å². The van der Waals surface area contributed by atoms with E-state index in [0.717, 1.165) is 23.1 Å². The molecule has 2 aromatic carbocycles. The molecule has 104 valence electrons. The lowest BCUT2D eigenvalue weighted by atomic mass is 9.94. The van der Waals surface area contributed by atoms with Gasteiger partial charge >= 0.3 is 5.97 Å². The minimum Gasteiger partial charge on any atom is -0.480 e. The summed E-state index contributed by atoms with van der Waals surface area (Å²) >= 11 is 0. The highest BCUT2D eigenvalue weighted by molar-refractivity contribution is 5.74. The number of carboxylic acid groups (broad SMARTS) is 1. The first kappa shape index (κ1) is 14.3. The van der Waals surface area contributed by atoms with Gasteiger partial charge in [-0.3, -0.25) is 4.79 Å². The number of benzene rings is 2. The van der Waals surface area contributed by atoms with Gasteiger partial charge in [0, 0.05) is 0 Å². The van der Waals surface area contributed by atoms with Crippen LogP contribution in [0.1, 0.15) is 18.1 Å². The van der Waals surface area contributed by atoms with E-state index in [-0.39, 0.29) is 0 Å². The van der Waals surface area contributed by atoms with Gasteiger partial charge < -0.3 is 10.8 Å². The monoisotopic (exact) mass is 269 g/mol. The molecule has 0 heterocycles. The number of nitrogens with two attached hydrogens (primary N) is 1. The summed E-state index contributed by atoms with van der Waals surface area (Å²) in [6.45, 7) is 2.12. The van der Waals surface area contributed by atoms with Crippen LogP contribution in [-0.2, 0) is 17.6 Å². The highest BCUT2D eigenvalue weighted by atomic mass is 16.4. The summed E-state index contributed by atoms with van der Waals surface area (Å²) in [7, 11) is 0. The van der Waals surface area contributed by atoms with E-state index < -0.39 is 12.0 Å². The predicted octanol–water partition coefficient (Wildman–Crippen LogP) is 2.87. The molecule has 1 atom stereocenters. The number of rotatable bonds is 5. The van der Waals surface area contributed by atoms with Crippen molar-refractivity contribution in [1.82, 2.24) is 0 Å². The summed E-state index contributed by atoms with van der Waals surface area (Å²) in [6, 6.07) is 15.3. The van der Waals surface area contributed by atoms with Crippen LogP contribution in [0.2, 0.25) is 0 Å². The number of carbonyl (C=O) groups is 1. The molecule has 0 spiro atoms. The number of aliphatic carboxylic acids is 1. The fraction of sp³-hybridized carbons (Fsp3) is 0.235. The summed E-state index contributed by atoms with van der Waals surface area (Å²) in [5, 5.41) is 8.91. The smallest absolute Gasteiger partial charge is 0.320 e. The molecule has 0 aliphatic heterocycles. The Bertz CT molecular complexity index is 593. The van der Waals surface area contributed by atoms with E-state index in [4.69, 9.17) is 10.8 Å². The Kier molecular flexibility index (Phi) is 4.53. The largest absolute Gasteiger partial charge is 0.480 e. The van der Waals surface area contributed by atoms with E-state index in [1.807, 2.05) is 24.3 Å². The van der Waals surface area contributed by atoms with Crippen molar-refractivity contribution in [1.29, 1.82) is 0 Å². The molecule has 0 fully saturated rings. The zero-order valence-electron chi connectivity index (χ0n) is 11.5. The number of hydrogen-bond donors (Lipinski definition) is 2. The average Bonchev–Trinajstić information content (AvgIpc) is 2.48. The molecule has 0 bridgehead atoms. The third kappa shape index (κ3) is 3.25.